The van der Waals surface area contributed by atoms with Gasteiger partial charge >= 0.3 is 12.1 Å². The molecule has 0 radical (unpaired) electrons. The maximum Gasteiger partial charge on any atom is 0.415 e. The second-order valence-corrected chi connectivity index (χ2v) is 15.2. The minimum atomic E-state index is -1.09. The molecule has 3 aromatic carbocycles. The number of hydrogen-bond donors (Lipinski definition) is 1. The standard InChI is InChI=1S/C41H41Cl2FN4O8/c1-54-35-11-10-26(17-36(35)55-2)28(18-29-31(42)21-46(53)22-32(29)43)38-30(40(50)51)20-48(38)39(49)27-7-5-6-24(16-27)19-47(34-9-4-3-8-33(34)44)41(52)56-37-23-45-14-12-25(37)13-15-45/h3-11,16-17,21-22,25,28,30,37-38H,12-15,18-20,23H2,1-2H3,(H,50,51)/t28-,30?,37-,38?/m0/s1. The molecule has 1 N–H and O–H groups in total. The van der Waals surface area contributed by atoms with E-state index < -0.39 is 41.7 Å². The molecule has 0 spiro atoms. The number of hydrogen-bond acceptors (Lipinski definition) is 8. The Bertz CT molecular complexity index is 2110. The number of likely N-dealkylation sites (tertiary alicyclic amines) is 1. The van der Waals surface area contributed by atoms with Gasteiger partial charge in [0.15, 0.2) is 23.9 Å². The average Bonchev–Trinajstić information content (AvgIpc) is 3.17. The summed E-state index contributed by atoms with van der Waals surface area (Å²) in [5, 5.41) is 22.6. The van der Waals surface area contributed by atoms with Gasteiger partial charge in [0.1, 0.15) is 22.0 Å². The lowest BCUT2D eigenvalue weighted by Gasteiger charge is -2.50. The van der Waals surface area contributed by atoms with Gasteiger partial charge in [-0.1, -0.05) is 53.5 Å². The van der Waals surface area contributed by atoms with Crippen LogP contribution in [0.2, 0.25) is 10.0 Å². The number of nitrogens with zero attached hydrogens (tertiary/aromatic N) is 4. The van der Waals surface area contributed by atoms with Crippen molar-refractivity contribution in [1.29, 1.82) is 0 Å². The highest BCUT2D eigenvalue weighted by Gasteiger charge is 2.51. The molecule has 12 nitrogen and oxygen atoms in total. The molecule has 4 aliphatic heterocycles. The van der Waals surface area contributed by atoms with Gasteiger partial charge in [-0.15, -0.1) is 0 Å². The zero-order chi connectivity index (χ0) is 39.7. The van der Waals surface area contributed by atoms with E-state index in [1.807, 2.05) is 0 Å². The number of piperidine rings is 3. The molecule has 0 saturated carbocycles. The summed E-state index contributed by atoms with van der Waals surface area (Å²) in [6, 6.07) is 16.9. The van der Waals surface area contributed by atoms with Crippen LogP contribution < -0.4 is 19.1 Å². The first-order valence-corrected chi connectivity index (χ1v) is 19.1. The number of carboxylic acid groups (broad SMARTS) is 1. The van der Waals surface area contributed by atoms with Gasteiger partial charge in [0, 0.05) is 30.1 Å². The molecule has 2 amide bonds. The van der Waals surface area contributed by atoms with Crippen molar-refractivity contribution in [1.82, 2.24) is 9.80 Å². The number of para-hydroxylation sites is 1. The van der Waals surface area contributed by atoms with Crippen molar-refractivity contribution in [2.24, 2.45) is 11.8 Å². The quantitative estimate of drug-likeness (QED) is 0.125. The molecule has 0 aliphatic carbocycles. The predicted octanol–water partition coefficient (Wildman–Crippen LogP) is 6.57. The SMILES string of the molecule is COc1ccc([C@H](Cc2c(Cl)c[n+]([O-])cc2Cl)C2C(C(=O)O)CN2C(=O)c2cccc(CN(C(=O)O[C@H]3CN4CCC3CC4)c3ccccc3F)c2)cc1OC. The number of carbonyl (C=O) groups is 3. The number of halogens is 3. The fourth-order valence-corrected chi connectivity index (χ4v) is 8.83. The number of ether oxygens (including phenoxy) is 3. The summed E-state index contributed by atoms with van der Waals surface area (Å²) >= 11 is 13.1. The highest BCUT2D eigenvalue weighted by atomic mass is 35.5. The summed E-state index contributed by atoms with van der Waals surface area (Å²) < 4.78 is 32.8. The number of anilines is 1. The van der Waals surface area contributed by atoms with Crippen LogP contribution >= 0.6 is 23.2 Å². The van der Waals surface area contributed by atoms with Crippen LogP contribution in [0.5, 0.6) is 11.5 Å². The Morgan fingerprint density at radius 1 is 0.964 bits per heavy atom. The van der Waals surface area contributed by atoms with Crippen LogP contribution in [0.15, 0.2) is 79.1 Å². The Kier molecular flexibility index (Phi) is 11.6. The van der Waals surface area contributed by atoms with Crippen LogP contribution in [0.1, 0.15) is 45.8 Å². The zero-order valence-electron chi connectivity index (χ0n) is 30.8. The first kappa shape index (κ1) is 39.1. The van der Waals surface area contributed by atoms with Crippen LogP contribution in [0.4, 0.5) is 14.9 Å². The zero-order valence-corrected chi connectivity index (χ0v) is 32.3. The van der Waals surface area contributed by atoms with Crippen LogP contribution in [-0.4, -0.2) is 85.4 Å². The van der Waals surface area contributed by atoms with E-state index in [-0.39, 0.29) is 52.8 Å². The third-order valence-corrected chi connectivity index (χ3v) is 11.9. The molecule has 56 heavy (non-hydrogen) atoms. The van der Waals surface area contributed by atoms with E-state index in [0.29, 0.717) is 39.5 Å². The number of aromatic nitrogens is 1. The van der Waals surface area contributed by atoms with Crippen molar-refractivity contribution in [3.63, 3.8) is 0 Å². The Hall–Kier alpha value is -5.11. The lowest BCUT2D eigenvalue weighted by molar-refractivity contribution is -0.605. The number of fused-ring (bicyclic) bond motifs is 3. The predicted molar refractivity (Wildman–Crippen MR) is 206 cm³/mol. The van der Waals surface area contributed by atoms with E-state index in [0.717, 1.165) is 38.3 Å². The van der Waals surface area contributed by atoms with Gasteiger partial charge in [0.2, 0.25) is 0 Å². The second kappa shape index (κ2) is 16.5. The van der Waals surface area contributed by atoms with E-state index in [1.54, 1.807) is 48.5 Å². The molecule has 2 unspecified atom stereocenters. The average molecular weight is 808 g/mol. The molecule has 4 fully saturated rings. The number of methoxy groups -OCH3 is 2. The Morgan fingerprint density at radius 3 is 2.32 bits per heavy atom. The van der Waals surface area contributed by atoms with Gasteiger partial charge in [-0.25, -0.2) is 9.18 Å². The van der Waals surface area contributed by atoms with Gasteiger partial charge < -0.3 is 29.4 Å². The number of benzene rings is 3. The molecule has 4 aliphatic rings. The molecule has 2 bridgehead atoms. The lowest BCUT2D eigenvalue weighted by Crippen LogP contribution is -2.63. The first-order valence-electron chi connectivity index (χ1n) is 18.3. The minimum Gasteiger partial charge on any atom is -0.619 e. The van der Waals surface area contributed by atoms with Crippen molar-refractivity contribution < 1.29 is 42.8 Å². The summed E-state index contributed by atoms with van der Waals surface area (Å²) in [6.07, 6.45) is 3.27. The highest BCUT2D eigenvalue weighted by Crippen LogP contribution is 2.43. The van der Waals surface area contributed by atoms with Crippen molar-refractivity contribution in [2.45, 2.75) is 43.9 Å². The first-order chi connectivity index (χ1) is 26.9. The minimum absolute atomic E-state index is 0.0427. The van der Waals surface area contributed by atoms with Crippen molar-refractivity contribution in [3.05, 3.63) is 122 Å². The lowest BCUT2D eigenvalue weighted by atomic mass is 9.73. The third kappa shape index (κ3) is 7.93. The number of carboxylic acids is 1. The van der Waals surface area contributed by atoms with Gasteiger partial charge in [0.05, 0.1) is 38.4 Å². The number of aliphatic carboxylic acids is 1. The molecular formula is C41H41Cl2FN4O8. The monoisotopic (exact) mass is 806 g/mol. The second-order valence-electron chi connectivity index (χ2n) is 14.4. The molecule has 4 saturated heterocycles. The fourth-order valence-electron chi connectivity index (χ4n) is 8.23. The molecule has 15 heteroatoms. The molecule has 5 heterocycles. The highest BCUT2D eigenvalue weighted by molar-refractivity contribution is 6.35. The number of pyridine rings is 1. The Labute approximate surface area is 333 Å². The van der Waals surface area contributed by atoms with Gasteiger partial charge in [-0.3, -0.25) is 19.4 Å². The van der Waals surface area contributed by atoms with Crippen LogP contribution in [0.3, 0.4) is 0 Å². The number of rotatable bonds is 12. The number of carbonyl (C=O) groups excluding carboxylic acids is 2. The largest absolute Gasteiger partial charge is 0.619 e. The van der Waals surface area contributed by atoms with Crippen molar-refractivity contribution in [3.8, 4) is 11.5 Å². The molecule has 294 valence electrons. The van der Waals surface area contributed by atoms with Crippen molar-refractivity contribution >= 4 is 46.9 Å². The molecule has 1 aromatic heterocycles. The summed E-state index contributed by atoms with van der Waals surface area (Å²) in [7, 11) is 2.97. The third-order valence-electron chi connectivity index (χ3n) is 11.2. The normalized spacial score (nSPS) is 21.8. The van der Waals surface area contributed by atoms with E-state index in [2.05, 4.69) is 4.90 Å². The summed E-state index contributed by atoms with van der Waals surface area (Å²) in [4.78, 5) is 46.0. The Morgan fingerprint density at radius 2 is 1.68 bits per heavy atom. The van der Waals surface area contributed by atoms with Gasteiger partial charge in [0.25, 0.3) is 5.91 Å². The summed E-state index contributed by atoms with van der Waals surface area (Å²) in [5.41, 5.74) is 1.84. The molecule has 4 atom stereocenters. The van der Waals surface area contributed by atoms with Crippen LogP contribution in [-0.2, 0) is 22.5 Å². The van der Waals surface area contributed by atoms with Gasteiger partial charge in [-0.2, -0.15) is 4.73 Å². The van der Waals surface area contributed by atoms with Gasteiger partial charge in [-0.05, 0) is 85.8 Å². The van der Waals surface area contributed by atoms with E-state index >= 15 is 4.39 Å². The number of amides is 2. The summed E-state index contributed by atoms with van der Waals surface area (Å²) in [5.74, 6) is -2.72. The van der Waals surface area contributed by atoms with Crippen molar-refractivity contribution in [2.75, 3.05) is 45.3 Å². The molecular weight excluding hydrogens is 766 g/mol. The smallest absolute Gasteiger partial charge is 0.415 e. The topological polar surface area (TPSA) is 136 Å². The Balaban J connectivity index is 1.20. The van der Waals surface area contributed by atoms with E-state index in [4.69, 9.17) is 37.4 Å². The molecule has 8 rings (SSSR count). The maximum absolute atomic E-state index is 15.3. The summed E-state index contributed by atoms with van der Waals surface area (Å²) in [6.45, 7) is 2.38. The maximum atomic E-state index is 15.3. The van der Waals surface area contributed by atoms with E-state index in [1.165, 1.54) is 42.2 Å². The van der Waals surface area contributed by atoms with Crippen LogP contribution in [0, 0.1) is 22.9 Å². The van der Waals surface area contributed by atoms with Crippen LogP contribution in [0.25, 0.3) is 0 Å². The fraction of sp³-hybridized carbons (Fsp3) is 0.366. The molecule has 4 aromatic rings. The van der Waals surface area contributed by atoms with E-state index in [9.17, 15) is 24.7 Å².